The monoisotopic (exact) mass is 344 g/mol. The molecule has 0 aliphatic heterocycles. The van der Waals surface area contributed by atoms with Gasteiger partial charge in [-0.3, -0.25) is 4.79 Å². The summed E-state index contributed by atoms with van der Waals surface area (Å²) in [5, 5.41) is 5.22. The van der Waals surface area contributed by atoms with Crippen LogP contribution in [0.3, 0.4) is 0 Å². The third kappa shape index (κ3) is 4.05. The first-order chi connectivity index (χ1) is 11.6. The van der Waals surface area contributed by atoms with Gasteiger partial charge in [-0.05, 0) is 37.1 Å². The molecule has 124 valence electrons. The molecule has 0 aliphatic carbocycles. The Kier molecular flexibility index (Phi) is 5.00. The second-order valence-electron chi connectivity index (χ2n) is 5.45. The van der Waals surface area contributed by atoms with Crippen molar-refractivity contribution in [3.8, 4) is 11.3 Å². The van der Waals surface area contributed by atoms with Gasteiger partial charge < -0.3 is 9.88 Å². The van der Waals surface area contributed by atoms with Gasteiger partial charge >= 0.3 is 0 Å². The summed E-state index contributed by atoms with van der Waals surface area (Å²) in [7, 11) is 0. The van der Waals surface area contributed by atoms with Gasteiger partial charge in [0.25, 0.3) is 0 Å². The van der Waals surface area contributed by atoms with Crippen LogP contribution in [0.2, 0.25) is 0 Å². The fourth-order valence-corrected chi connectivity index (χ4v) is 3.03. The van der Waals surface area contributed by atoms with Crippen molar-refractivity contribution in [1.82, 2.24) is 14.5 Å². The van der Waals surface area contributed by atoms with Crippen molar-refractivity contribution < 1.29 is 9.18 Å². The Labute approximate surface area is 143 Å². The molecule has 1 N–H and O–H groups in total. The molecular formula is C17H17FN4OS. The minimum Gasteiger partial charge on any atom is -0.337 e. The minimum absolute atomic E-state index is 0.0636. The first-order valence-corrected chi connectivity index (χ1v) is 8.47. The predicted molar refractivity (Wildman–Crippen MR) is 92.3 cm³/mol. The van der Waals surface area contributed by atoms with Gasteiger partial charge in [-0.1, -0.05) is 0 Å². The summed E-state index contributed by atoms with van der Waals surface area (Å²) in [5.74, 6) is -0.299. The number of hydrogen-bond donors (Lipinski definition) is 1. The first kappa shape index (κ1) is 16.3. The highest BCUT2D eigenvalue weighted by molar-refractivity contribution is 7.14. The Hall–Kier alpha value is -2.54. The maximum atomic E-state index is 13.3. The highest BCUT2D eigenvalue weighted by Crippen LogP contribution is 2.26. The van der Waals surface area contributed by atoms with Crippen molar-refractivity contribution in [1.29, 1.82) is 0 Å². The van der Waals surface area contributed by atoms with E-state index in [0.29, 0.717) is 17.1 Å². The van der Waals surface area contributed by atoms with Crippen LogP contribution in [0.1, 0.15) is 18.4 Å². The molecule has 0 radical (unpaired) electrons. The molecule has 0 aliphatic rings. The largest absolute Gasteiger partial charge is 0.337 e. The van der Waals surface area contributed by atoms with E-state index in [1.54, 1.807) is 31.6 Å². The number of nitrogens with zero attached hydrogens (tertiary/aromatic N) is 3. The van der Waals surface area contributed by atoms with E-state index in [2.05, 4.69) is 15.3 Å². The molecule has 2 heterocycles. The fourth-order valence-electron chi connectivity index (χ4n) is 2.29. The topological polar surface area (TPSA) is 59.8 Å². The van der Waals surface area contributed by atoms with E-state index in [0.717, 1.165) is 24.2 Å². The van der Waals surface area contributed by atoms with Gasteiger partial charge in [-0.15, -0.1) is 11.3 Å². The van der Waals surface area contributed by atoms with E-state index in [-0.39, 0.29) is 11.7 Å². The zero-order valence-electron chi connectivity index (χ0n) is 13.2. The number of carbonyl (C=O) groups is 1. The molecule has 3 aromatic rings. The third-order valence-corrected chi connectivity index (χ3v) is 4.34. The Morgan fingerprint density at radius 1 is 1.42 bits per heavy atom. The molecule has 7 heteroatoms. The van der Waals surface area contributed by atoms with Crippen molar-refractivity contribution in [2.45, 2.75) is 26.3 Å². The SMILES string of the molecule is Cc1cc(-c2csc(NC(=O)CCCn3ccnc3)n2)ccc1F. The number of rotatable bonds is 6. The molecule has 5 nitrogen and oxygen atoms in total. The van der Waals surface area contributed by atoms with E-state index in [4.69, 9.17) is 0 Å². The van der Waals surface area contributed by atoms with Gasteiger partial charge in [0.05, 0.1) is 12.0 Å². The highest BCUT2D eigenvalue weighted by atomic mass is 32.1. The molecule has 0 saturated carbocycles. The number of aromatic nitrogens is 3. The van der Waals surface area contributed by atoms with Crippen LogP contribution in [-0.4, -0.2) is 20.4 Å². The van der Waals surface area contributed by atoms with Gasteiger partial charge in [0.2, 0.25) is 5.91 Å². The molecule has 0 bridgehead atoms. The molecule has 0 unspecified atom stereocenters. The van der Waals surface area contributed by atoms with Crippen LogP contribution < -0.4 is 5.32 Å². The van der Waals surface area contributed by atoms with E-state index >= 15 is 0 Å². The van der Waals surface area contributed by atoms with Crippen LogP contribution in [0.5, 0.6) is 0 Å². The lowest BCUT2D eigenvalue weighted by Gasteiger charge is -2.03. The van der Waals surface area contributed by atoms with Gasteiger partial charge in [0, 0.05) is 36.3 Å². The number of nitrogens with one attached hydrogen (secondary N) is 1. The molecule has 1 amide bonds. The number of halogens is 1. The van der Waals surface area contributed by atoms with Gasteiger partial charge in [-0.2, -0.15) is 0 Å². The molecule has 24 heavy (non-hydrogen) atoms. The Balaban J connectivity index is 1.55. The number of imidazole rings is 1. The van der Waals surface area contributed by atoms with Crippen molar-refractivity contribution in [3.63, 3.8) is 0 Å². The molecular weight excluding hydrogens is 327 g/mol. The molecule has 2 aromatic heterocycles. The molecule has 3 rings (SSSR count). The predicted octanol–water partition coefficient (Wildman–Crippen LogP) is 3.87. The average Bonchev–Trinajstić information content (AvgIpc) is 3.22. The summed E-state index contributed by atoms with van der Waals surface area (Å²) in [6.45, 7) is 2.47. The third-order valence-electron chi connectivity index (χ3n) is 3.58. The summed E-state index contributed by atoms with van der Waals surface area (Å²) >= 11 is 1.36. The summed E-state index contributed by atoms with van der Waals surface area (Å²) < 4.78 is 15.3. The van der Waals surface area contributed by atoms with Crippen LogP contribution in [0.4, 0.5) is 9.52 Å². The van der Waals surface area contributed by atoms with Crippen LogP contribution in [0.15, 0.2) is 42.3 Å². The van der Waals surface area contributed by atoms with Gasteiger partial charge in [0.15, 0.2) is 5.13 Å². The van der Waals surface area contributed by atoms with E-state index < -0.39 is 0 Å². The fraction of sp³-hybridized carbons (Fsp3) is 0.235. The number of thiazole rings is 1. The summed E-state index contributed by atoms with van der Waals surface area (Å²) in [5.41, 5.74) is 2.15. The van der Waals surface area contributed by atoms with Gasteiger partial charge in [-0.25, -0.2) is 14.4 Å². The first-order valence-electron chi connectivity index (χ1n) is 7.59. The van der Waals surface area contributed by atoms with Crippen LogP contribution >= 0.6 is 11.3 Å². The number of anilines is 1. The maximum Gasteiger partial charge on any atom is 0.226 e. The number of benzene rings is 1. The second-order valence-corrected chi connectivity index (χ2v) is 6.31. The molecule has 0 atom stereocenters. The molecule has 0 fully saturated rings. The van der Waals surface area contributed by atoms with E-state index in [9.17, 15) is 9.18 Å². The Morgan fingerprint density at radius 2 is 2.29 bits per heavy atom. The van der Waals surface area contributed by atoms with Crippen LogP contribution in [0, 0.1) is 12.7 Å². The summed E-state index contributed by atoms with van der Waals surface area (Å²) in [4.78, 5) is 20.3. The lowest BCUT2D eigenvalue weighted by atomic mass is 10.1. The molecule has 0 saturated heterocycles. The lowest BCUT2D eigenvalue weighted by molar-refractivity contribution is -0.116. The highest BCUT2D eigenvalue weighted by Gasteiger charge is 2.09. The van der Waals surface area contributed by atoms with Crippen molar-refractivity contribution in [2.24, 2.45) is 0 Å². The van der Waals surface area contributed by atoms with E-state index in [1.807, 2.05) is 16.1 Å². The number of carbonyl (C=O) groups excluding carboxylic acids is 1. The minimum atomic E-state index is -0.236. The zero-order valence-corrected chi connectivity index (χ0v) is 14.0. The average molecular weight is 344 g/mol. The number of amides is 1. The number of hydrogen-bond acceptors (Lipinski definition) is 4. The zero-order chi connectivity index (χ0) is 16.9. The second kappa shape index (κ2) is 7.35. The normalized spacial score (nSPS) is 10.8. The summed E-state index contributed by atoms with van der Waals surface area (Å²) in [6, 6.07) is 4.87. The molecule has 0 spiro atoms. The standard InChI is InChI=1S/C17H17FN4OS/c1-12-9-13(4-5-14(12)18)15-10-24-17(20-15)21-16(23)3-2-7-22-8-6-19-11-22/h4-6,8-11H,2-3,7H2,1H3,(H,20,21,23). The van der Waals surface area contributed by atoms with Crippen molar-refractivity contribution in [2.75, 3.05) is 5.32 Å². The Bertz CT molecular complexity index is 829. The lowest BCUT2D eigenvalue weighted by Crippen LogP contribution is -2.12. The number of aryl methyl sites for hydroxylation is 2. The van der Waals surface area contributed by atoms with Crippen molar-refractivity contribution in [3.05, 3.63) is 53.7 Å². The Morgan fingerprint density at radius 3 is 3.04 bits per heavy atom. The van der Waals surface area contributed by atoms with Crippen molar-refractivity contribution >= 4 is 22.4 Å². The molecule has 1 aromatic carbocycles. The van der Waals surface area contributed by atoms with Gasteiger partial charge in [0.1, 0.15) is 5.82 Å². The van der Waals surface area contributed by atoms with E-state index in [1.165, 1.54) is 17.4 Å². The van der Waals surface area contributed by atoms with Crippen LogP contribution in [-0.2, 0) is 11.3 Å². The van der Waals surface area contributed by atoms with Crippen LogP contribution in [0.25, 0.3) is 11.3 Å². The smallest absolute Gasteiger partial charge is 0.226 e. The summed E-state index contributed by atoms with van der Waals surface area (Å²) in [6.07, 6.45) is 6.47. The quantitative estimate of drug-likeness (QED) is 0.738. The maximum absolute atomic E-state index is 13.3.